The fourth-order valence-corrected chi connectivity index (χ4v) is 2.90. The Morgan fingerprint density at radius 1 is 0.862 bits per heavy atom. The number of hydrogen-bond donors (Lipinski definition) is 3. The molecule has 6 heteroatoms. The van der Waals surface area contributed by atoms with Gasteiger partial charge in [0.25, 0.3) is 5.91 Å². The van der Waals surface area contributed by atoms with Gasteiger partial charge in [-0.05, 0) is 61.2 Å². The summed E-state index contributed by atoms with van der Waals surface area (Å²) in [5.74, 6) is -0.148. The van der Waals surface area contributed by atoms with Gasteiger partial charge in [-0.1, -0.05) is 31.4 Å². The van der Waals surface area contributed by atoms with Crippen molar-refractivity contribution in [3.8, 4) is 11.5 Å². The molecule has 2 aromatic rings. The molecule has 0 fully saturated rings. The third kappa shape index (κ3) is 9.14. The summed E-state index contributed by atoms with van der Waals surface area (Å²) < 4.78 is 5.63. The van der Waals surface area contributed by atoms with Gasteiger partial charge in [-0.3, -0.25) is 9.59 Å². The highest BCUT2D eigenvalue weighted by Gasteiger charge is 2.06. The number of rotatable bonds is 13. The van der Waals surface area contributed by atoms with Crippen molar-refractivity contribution in [1.82, 2.24) is 5.32 Å². The van der Waals surface area contributed by atoms with Crippen molar-refractivity contribution in [3.63, 3.8) is 0 Å². The quantitative estimate of drug-likeness (QED) is 0.439. The zero-order valence-corrected chi connectivity index (χ0v) is 16.6. The van der Waals surface area contributed by atoms with Gasteiger partial charge in [0, 0.05) is 12.1 Å². The molecule has 0 spiro atoms. The lowest BCUT2D eigenvalue weighted by Gasteiger charge is -2.07. The van der Waals surface area contributed by atoms with Crippen LogP contribution in [0.4, 0.5) is 0 Å². The summed E-state index contributed by atoms with van der Waals surface area (Å²) in [5.41, 5.74) is 1.75. The van der Waals surface area contributed by atoms with Crippen molar-refractivity contribution >= 4 is 11.9 Å². The van der Waals surface area contributed by atoms with Crippen molar-refractivity contribution in [2.24, 2.45) is 0 Å². The molecule has 0 aliphatic rings. The first kappa shape index (κ1) is 22.3. The van der Waals surface area contributed by atoms with E-state index in [9.17, 15) is 14.7 Å². The largest absolute Gasteiger partial charge is 0.508 e. The Labute approximate surface area is 171 Å². The smallest absolute Gasteiger partial charge is 0.305 e. The number of phenolic OH excluding ortho intramolecular Hbond substituents is 1. The molecule has 29 heavy (non-hydrogen) atoms. The Bertz CT molecular complexity index is 756. The van der Waals surface area contributed by atoms with Crippen LogP contribution in [0, 0.1) is 0 Å². The molecular weight excluding hydrogens is 370 g/mol. The van der Waals surface area contributed by atoms with Crippen LogP contribution in [0.5, 0.6) is 11.5 Å². The van der Waals surface area contributed by atoms with Crippen LogP contribution in [0.25, 0.3) is 0 Å². The molecule has 0 atom stereocenters. The number of aliphatic carboxylic acids is 1. The molecule has 0 aliphatic carbocycles. The van der Waals surface area contributed by atoms with E-state index in [4.69, 9.17) is 9.84 Å². The highest BCUT2D eigenvalue weighted by Crippen LogP contribution is 2.16. The lowest BCUT2D eigenvalue weighted by Crippen LogP contribution is -2.25. The second-order valence-corrected chi connectivity index (χ2v) is 6.96. The first-order chi connectivity index (χ1) is 14.0. The lowest BCUT2D eigenvalue weighted by atomic mass is 10.0. The first-order valence-corrected chi connectivity index (χ1v) is 10.1. The molecule has 0 aliphatic heterocycles. The summed E-state index contributed by atoms with van der Waals surface area (Å²) in [6, 6.07) is 14.2. The number of amides is 1. The molecule has 0 aromatic heterocycles. The van der Waals surface area contributed by atoms with E-state index in [0.29, 0.717) is 12.2 Å². The van der Waals surface area contributed by atoms with E-state index in [2.05, 4.69) is 5.32 Å². The monoisotopic (exact) mass is 399 g/mol. The van der Waals surface area contributed by atoms with Gasteiger partial charge >= 0.3 is 5.97 Å². The Morgan fingerprint density at radius 3 is 2.21 bits per heavy atom. The van der Waals surface area contributed by atoms with Gasteiger partial charge in [-0.25, -0.2) is 0 Å². The predicted octanol–water partition coefficient (Wildman–Crippen LogP) is 4.17. The minimum absolute atomic E-state index is 0.0766. The van der Waals surface area contributed by atoms with Crippen LogP contribution in [-0.4, -0.2) is 35.2 Å². The standard InChI is InChI=1S/C23H29NO5/c25-20-11-13-21(14-12-20)29-17-5-3-1-2-4-6-18-7-9-19(10-8-18)23(28)24-16-15-22(26)27/h7-14,25H,1-6,15-17H2,(H,24,28)(H,26,27). The fraction of sp³-hybridized carbons (Fsp3) is 0.391. The van der Waals surface area contributed by atoms with Crippen molar-refractivity contribution in [3.05, 3.63) is 59.7 Å². The molecule has 0 saturated carbocycles. The van der Waals surface area contributed by atoms with Gasteiger partial charge in [-0.2, -0.15) is 0 Å². The SMILES string of the molecule is O=C(O)CCNC(=O)c1ccc(CCCCCCCOc2ccc(O)cc2)cc1. The first-order valence-electron chi connectivity index (χ1n) is 10.1. The summed E-state index contributed by atoms with van der Waals surface area (Å²) in [6.07, 6.45) is 6.43. The molecule has 3 N–H and O–H groups in total. The Kier molecular flexibility index (Phi) is 9.55. The van der Waals surface area contributed by atoms with Crippen LogP contribution in [0.1, 0.15) is 54.4 Å². The molecule has 6 nitrogen and oxygen atoms in total. The molecule has 2 rings (SSSR count). The molecule has 0 bridgehead atoms. The second kappa shape index (κ2) is 12.4. The maximum atomic E-state index is 11.9. The number of carbonyl (C=O) groups excluding carboxylic acids is 1. The maximum absolute atomic E-state index is 11.9. The topological polar surface area (TPSA) is 95.9 Å². The van der Waals surface area contributed by atoms with Gasteiger partial charge < -0.3 is 20.3 Å². The number of benzene rings is 2. The molecule has 0 saturated heterocycles. The number of nitrogens with one attached hydrogen (secondary N) is 1. The zero-order valence-electron chi connectivity index (χ0n) is 16.6. The lowest BCUT2D eigenvalue weighted by molar-refractivity contribution is -0.136. The fourth-order valence-electron chi connectivity index (χ4n) is 2.90. The number of aryl methyl sites for hydroxylation is 1. The van der Waals surface area contributed by atoms with E-state index >= 15 is 0 Å². The van der Waals surface area contributed by atoms with Crippen molar-refractivity contribution in [2.75, 3.05) is 13.2 Å². The average molecular weight is 399 g/mol. The van der Waals surface area contributed by atoms with E-state index in [1.165, 1.54) is 5.56 Å². The van der Waals surface area contributed by atoms with Gasteiger partial charge in [0.15, 0.2) is 0 Å². The summed E-state index contributed by atoms with van der Waals surface area (Å²) in [4.78, 5) is 22.4. The molecule has 0 radical (unpaired) electrons. The van der Waals surface area contributed by atoms with E-state index in [0.717, 1.165) is 44.3 Å². The number of ether oxygens (including phenoxy) is 1. The third-order valence-electron chi connectivity index (χ3n) is 4.56. The van der Waals surface area contributed by atoms with Crippen LogP contribution in [0.3, 0.4) is 0 Å². The summed E-state index contributed by atoms with van der Waals surface area (Å²) in [5, 5.41) is 20.4. The third-order valence-corrected chi connectivity index (χ3v) is 4.56. The van der Waals surface area contributed by atoms with Gasteiger partial charge in [0.05, 0.1) is 13.0 Å². The van der Waals surface area contributed by atoms with Crippen molar-refractivity contribution < 1.29 is 24.5 Å². The predicted molar refractivity (Wildman–Crippen MR) is 111 cm³/mol. The Morgan fingerprint density at radius 2 is 1.52 bits per heavy atom. The van der Waals surface area contributed by atoms with E-state index in [1.54, 1.807) is 36.4 Å². The molecule has 0 unspecified atom stereocenters. The van der Waals surface area contributed by atoms with Crippen molar-refractivity contribution in [2.45, 2.75) is 44.9 Å². The van der Waals surface area contributed by atoms with Gasteiger partial charge in [-0.15, -0.1) is 0 Å². The van der Waals surface area contributed by atoms with Gasteiger partial charge in [0.2, 0.25) is 0 Å². The highest BCUT2D eigenvalue weighted by atomic mass is 16.5. The van der Waals surface area contributed by atoms with E-state index in [-0.39, 0.29) is 24.6 Å². The van der Waals surface area contributed by atoms with E-state index in [1.807, 2.05) is 12.1 Å². The summed E-state index contributed by atoms with van der Waals surface area (Å²) >= 11 is 0. The number of phenols is 1. The molecule has 156 valence electrons. The zero-order chi connectivity index (χ0) is 20.9. The van der Waals surface area contributed by atoms with Crippen LogP contribution in [-0.2, 0) is 11.2 Å². The van der Waals surface area contributed by atoms with Crippen LogP contribution in [0.2, 0.25) is 0 Å². The van der Waals surface area contributed by atoms with Crippen LogP contribution >= 0.6 is 0 Å². The Hall–Kier alpha value is -3.02. The number of aromatic hydroxyl groups is 1. The van der Waals surface area contributed by atoms with E-state index < -0.39 is 5.97 Å². The summed E-state index contributed by atoms with van der Waals surface area (Å²) in [6.45, 7) is 0.816. The number of unbranched alkanes of at least 4 members (excludes halogenated alkanes) is 4. The normalized spacial score (nSPS) is 10.5. The molecule has 0 heterocycles. The number of carboxylic acids is 1. The molecular formula is C23H29NO5. The Balaban J connectivity index is 1.53. The summed E-state index contributed by atoms with van der Waals surface area (Å²) in [7, 11) is 0. The average Bonchev–Trinajstić information content (AvgIpc) is 2.71. The minimum atomic E-state index is -0.925. The number of hydrogen-bond acceptors (Lipinski definition) is 4. The number of carboxylic acid groups (broad SMARTS) is 1. The highest BCUT2D eigenvalue weighted by molar-refractivity contribution is 5.94. The second-order valence-electron chi connectivity index (χ2n) is 6.96. The molecule has 1 amide bonds. The minimum Gasteiger partial charge on any atom is -0.508 e. The van der Waals surface area contributed by atoms with Crippen LogP contribution in [0.15, 0.2) is 48.5 Å². The number of carbonyl (C=O) groups is 2. The maximum Gasteiger partial charge on any atom is 0.305 e. The van der Waals surface area contributed by atoms with Gasteiger partial charge in [0.1, 0.15) is 11.5 Å². The van der Waals surface area contributed by atoms with Crippen LogP contribution < -0.4 is 10.1 Å². The van der Waals surface area contributed by atoms with Crippen molar-refractivity contribution in [1.29, 1.82) is 0 Å². The molecule has 2 aromatic carbocycles.